The van der Waals surface area contributed by atoms with Gasteiger partial charge >= 0.3 is 0 Å². The lowest BCUT2D eigenvalue weighted by Crippen LogP contribution is -2.24. The van der Waals surface area contributed by atoms with E-state index in [0.29, 0.717) is 13.0 Å². The molecule has 1 heterocycles. The van der Waals surface area contributed by atoms with Crippen molar-refractivity contribution in [3.63, 3.8) is 0 Å². The molecule has 37 heavy (non-hydrogen) atoms. The number of fused-ring (bicyclic) bond motifs is 2. The number of anilines is 2. The Hall–Kier alpha value is -2.05. The zero-order valence-corrected chi connectivity index (χ0v) is 23.8. The summed E-state index contributed by atoms with van der Waals surface area (Å²) in [5.41, 5.74) is 4.47. The molecule has 2 aromatic carbocycles. The first-order chi connectivity index (χ1) is 17.9. The molecule has 3 rings (SSSR count). The van der Waals surface area contributed by atoms with Crippen molar-refractivity contribution in [1.82, 2.24) is 0 Å². The molecule has 2 aromatic rings. The number of unbranched alkanes of at least 4 members (excludes halogenated alkanes) is 10. The number of ether oxygens (including phenoxy) is 1. The molecule has 0 amide bonds. The Labute approximate surface area is 225 Å². The number of aryl methyl sites for hydroxylation is 2. The molecule has 0 fully saturated rings. The number of hydrogen-bond donors (Lipinski definition) is 1. The molecule has 0 atom stereocenters. The molecule has 0 radical (unpaired) electrons. The van der Waals surface area contributed by atoms with E-state index in [1.165, 1.54) is 88.2 Å². The molecular weight excluding hydrogens is 482 g/mol. The van der Waals surface area contributed by atoms with Crippen molar-refractivity contribution in [3.8, 4) is 11.5 Å². The van der Waals surface area contributed by atoms with Crippen LogP contribution in [0.3, 0.4) is 0 Å². The zero-order valence-electron chi connectivity index (χ0n) is 23.0. The summed E-state index contributed by atoms with van der Waals surface area (Å²) >= 11 is 0. The molecule has 0 bridgehead atoms. The Bertz CT molecular complexity index is 1000. The summed E-state index contributed by atoms with van der Waals surface area (Å²) in [4.78, 5) is 2.14. The lowest BCUT2D eigenvalue weighted by molar-refractivity contribution is 0.469. The molecule has 1 aliphatic heterocycles. The molecule has 0 aliphatic carbocycles. The average molecular weight is 530 g/mol. The molecule has 1 N–H and O–H groups in total. The van der Waals surface area contributed by atoms with Crippen LogP contribution in [-0.4, -0.2) is 25.3 Å². The second-order valence-electron chi connectivity index (χ2n) is 10.5. The normalized spacial score (nSPS) is 12.8. The van der Waals surface area contributed by atoms with Crippen molar-refractivity contribution in [3.05, 3.63) is 47.5 Å². The monoisotopic (exact) mass is 529 g/mol. The van der Waals surface area contributed by atoms with E-state index in [9.17, 15) is 13.0 Å². The number of nitrogens with zero attached hydrogens (tertiary/aromatic N) is 1. The molecule has 1 aliphatic rings. The van der Waals surface area contributed by atoms with Crippen LogP contribution in [0.4, 0.5) is 11.4 Å². The maximum atomic E-state index is 11.3. The third-order valence-electron chi connectivity index (χ3n) is 7.27. The maximum absolute atomic E-state index is 11.3. The fourth-order valence-electron chi connectivity index (χ4n) is 5.15. The van der Waals surface area contributed by atoms with Gasteiger partial charge in [-0.3, -0.25) is 4.55 Å². The fraction of sp³-hybridized carbons (Fsp3) is 0.613. The summed E-state index contributed by atoms with van der Waals surface area (Å²) in [5, 5.41) is 0. The van der Waals surface area contributed by atoms with Crippen molar-refractivity contribution in [2.24, 2.45) is 0 Å². The van der Waals surface area contributed by atoms with E-state index in [2.05, 4.69) is 55.1 Å². The minimum atomic E-state index is -3.99. The summed E-state index contributed by atoms with van der Waals surface area (Å²) in [5.74, 6) is 1.42. The van der Waals surface area contributed by atoms with E-state index in [0.717, 1.165) is 35.7 Å². The molecule has 0 saturated heterocycles. The first-order valence-corrected chi connectivity index (χ1v) is 16.2. The fourth-order valence-corrected chi connectivity index (χ4v) is 5.64. The van der Waals surface area contributed by atoms with Gasteiger partial charge in [-0.1, -0.05) is 90.2 Å². The second-order valence-corrected chi connectivity index (χ2v) is 12.1. The Morgan fingerprint density at radius 3 is 1.59 bits per heavy atom. The van der Waals surface area contributed by atoms with E-state index in [4.69, 9.17) is 4.74 Å². The van der Waals surface area contributed by atoms with Gasteiger partial charge in [0, 0.05) is 6.54 Å². The van der Waals surface area contributed by atoms with Gasteiger partial charge in [-0.05, 0) is 67.5 Å². The van der Waals surface area contributed by atoms with Crippen molar-refractivity contribution in [2.45, 2.75) is 110 Å². The van der Waals surface area contributed by atoms with Crippen LogP contribution in [0, 0.1) is 0 Å². The average Bonchev–Trinajstić information content (AvgIpc) is 2.87. The van der Waals surface area contributed by atoms with Gasteiger partial charge in [0.1, 0.15) is 0 Å². The zero-order chi connectivity index (χ0) is 26.5. The smallest absolute Gasteiger partial charge is 0.264 e. The van der Waals surface area contributed by atoms with Gasteiger partial charge in [-0.25, -0.2) is 0 Å². The second kappa shape index (κ2) is 15.4. The van der Waals surface area contributed by atoms with E-state index >= 15 is 0 Å². The first-order valence-electron chi connectivity index (χ1n) is 14.6. The minimum Gasteiger partial charge on any atom is -0.453 e. The van der Waals surface area contributed by atoms with E-state index in [1.54, 1.807) is 0 Å². The highest BCUT2D eigenvalue weighted by Crippen LogP contribution is 2.47. The summed E-state index contributed by atoms with van der Waals surface area (Å²) in [6.07, 6.45) is 17.7. The van der Waals surface area contributed by atoms with E-state index in [-0.39, 0.29) is 5.75 Å². The Morgan fingerprint density at radius 1 is 0.676 bits per heavy atom. The molecular formula is C31H47NO4S. The topological polar surface area (TPSA) is 66.8 Å². The van der Waals surface area contributed by atoms with Crippen molar-refractivity contribution < 1.29 is 17.7 Å². The summed E-state index contributed by atoms with van der Waals surface area (Å²) in [7, 11) is -3.99. The highest BCUT2D eigenvalue weighted by molar-refractivity contribution is 7.85. The quantitative estimate of drug-likeness (QED) is 0.154. The van der Waals surface area contributed by atoms with E-state index in [1.807, 2.05) is 0 Å². The summed E-state index contributed by atoms with van der Waals surface area (Å²) in [6, 6.07) is 12.8. The minimum absolute atomic E-state index is 0.249. The van der Waals surface area contributed by atoms with E-state index < -0.39 is 10.1 Å². The molecule has 0 spiro atoms. The van der Waals surface area contributed by atoms with Crippen LogP contribution < -0.4 is 9.64 Å². The standard InChI is InChI=1S/C31H47NO4S/c1-3-5-7-9-11-13-16-26-18-20-28-30(24-26)36-31-25-27(17-14-12-10-8-6-4-2)19-21-29(31)32(28)22-15-23-37(33,34)35/h18-21,24-25H,3-17,22-23H2,1-2H3,(H,33,34,35). The molecule has 0 saturated carbocycles. The van der Waals surface area contributed by atoms with Crippen LogP contribution in [0.2, 0.25) is 0 Å². The lowest BCUT2D eigenvalue weighted by atomic mass is 10.0. The van der Waals surface area contributed by atoms with Gasteiger partial charge in [-0.15, -0.1) is 0 Å². The predicted molar refractivity (Wildman–Crippen MR) is 155 cm³/mol. The largest absolute Gasteiger partial charge is 0.453 e. The van der Waals surface area contributed by atoms with Gasteiger partial charge in [0.15, 0.2) is 11.5 Å². The number of rotatable bonds is 18. The highest BCUT2D eigenvalue weighted by atomic mass is 32.2. The van der Waals surface area contributed by atoms with Crippen LogP contribution >= 0.6 is 0 Å². The van der Waals surface area contributed by atoms with Crippen LogP contribution in [0.15, 0.2) is 36.4 Å². The third kappa shape index (κ3) is 9.97. The SMILES string of the molecule is CCCCCCCCc1ccc2c(c1)Oc1cc(CCCCCCCC)ccc1N2CCCS(=O)(=O)O. The highest BCUT2D eigenvalue weighted by Gasteiger charge is 2.25. The Morgan fingerprint density at radius 2 is 1.14 bits per heavy atom. The van der Waals surface area contributed by atoms with Crippen molar-refractivity contribution >= 4 is 21.5 Å². The first kappa shape index (κ1) is 29.5. The predicted octanol–water partition coefficient (Wildman–Crippen LogP) is 9.01. The summed E-state index contributed by atoms with van der Waals surface area (Å²) in [6.45, 7) is 4.99. The van der Waals surface area contributed by atoms with Gasteiger partial charge in [-0.2, -0.15) is 8.42 Å². The lowest BCUT2D eigenvalue weighted by Gasteiger charge is -2.33. The van der Waals surface area contributed by atoms with Crippen LogP contribution in [-0.2, 0) is 23.0 Å². The van der Waals surface area contributed by atoms with Gasteiger partial charge in [0.25, 0.3) is 10.1 Å². The summed E-state index contributed by atoms with van der Waals surface area (Å²) < 4.78 is 38.4. The van der Waals surface area contributed by atoms with Crippen LogP contribution in [0.1, 0.15) is 108 Å². The van der Waals surface area contributed by atoms with Crippen molar-refractivity contribution in [2.75, 3.05) is 17.2 Å². The van der Waals surface area contributed by atoms with Gasteiger partial charge < -0.3 is 9.64 Å². The number of benzene rings is 2. The van der Waals surface area contributed by atoms with Crippen LogP contribution in [0.25, 0.3) is 0 Å². The van der Waals surface area contributed by atoms with Gasteiger partial charge in [0.05, 0.1) is 17.1 Å². The van der Waals surface area contributed by atoms with Crippen molar-refractivity contribution in [1.29, 1.82) is 0 Å². The van der Waals surface area contributed by atoms with Gasteiger partial charge in [0.2, 0.25) is 0 Å². The Kier molecular flexibility index (Phi) is 12.3. The third-order valence-corrected chi connectivity index (χ3v) is 8.08. The maximum Gasteiger partial charge on any atom is 0.264 e. The number of hydrogen-bond acceptors (Lipinski definition) is 4. The van der Waals surface area contributed by atoms with Crippen LogP contribution in [0.5, 0.6) is 11.5 Å². The molecule has 206 valence electrons. The molecule has 5 nitrogen and oxygen atoms in total. The Balaban J connectivity index is 1.70. The molecule has 6 heteroatoms. The molecule has 0 aromatic heterocycles. The molecule has 0 unspecified atom stereocenters.